The highest BCUT2D eigenvalue weighted by molar-refractivity contribution is 5.94. The van der Waals surface area contributed by atoms with Gasteiger partial charge in [0, 0.05) is 50.0 Å². The SMILES string of the molecule is Cc1ccc(-c2nc3ccc(-c4cccc(C(F)(F)F)c4)cn3c2CN2CCN(C(=O)c3ccc(F)cc3)CC2)cc1. The molecule has 9 heteroatoms. The second-order valence-electron chi connectivity index (χ2n) is 10.6. The summed E-state index contributed by atoms with van der Waals surface area (Å²) in [7, 11) is 0. The normalized spacial score (nSPS) is 14.5. The van der Waals surface area contributed by atoms with E-state index in [1.807, 2.05) is 47.9 Å². The quantitative estimate of drug-likeness (QED) is 0.211. The van der Waals surface area contributed by atoms with E-state index in [1.165, 1.54) is 30.3 Å². The molecule has 0 bridgehead atoms. The number of fused-ring (bicyclic) bond motifs is 1. The molecule has 1 amide bonds. The van der Waals surface area contributed by atoms with Gasteiger partial charge in [-0.25, -0.2) is 9.37 Å². The van der Waals surface area contributed by atoms with E-state index in [2.05, 4.69) is 4.90 Å². The molecule has 1 aliphatic rings. The van der Waals surface area contributed by atoms with E-state index < -0.39 is 11.7 Å². The van der Waals surface area contributed by atoms with E-state index in [0.717, 1.165) is 34.6 Å². The Bertz CT molecular complexity index is 1740. The first-order chi connectivity index (χ1) is 20.2. The minimum atomic E-state index is -4.43. The van der Waals surface area contributed by atoms with Crippen molar-refractivity contribution in [3.63, 3.8) is 0 Å². The molecule has 0 N–H and O–H groups in total. The lowest BCUT2D eigenvalue weighted by Crippen LogP contribution is -2.48. The molecule has 0 spiro atoms. The van der Waals surface area contributed by atoms with Gasteiger partial charge in [-0.3, -0.25) is 9.69 Å². The molecule has 0 saturated carbocycles. The number of hydrogen-bond acceptors (Lipinski definition) is 3. The number of halogens is 4. The van der Waals surface area contributed by atoms with Crippen molar-refractivity contribution >= 4 is 11.6 Å². The van der Waals surface area contributed by atoms with Crippen LogP contribution in [0.15, 0.2) is 91.1 Å². The molecule has 3 aromatic carbocycles. The van der Waals surface area contributed by atoms with Crippen LogP contribution in [0.25, 0.3) is 28.0 Å². The van der Waals surface area contributed by atoms with E-state index in [-0.39, 0.29) is 11.7 Å². The first-order valence-electron chi connectivity index (χ1n) is 13.7. The van der Waals surface area contributed by atoms with E-state index in [1.54, 1.807) is 17.0 Å². The van der Waals surface area contributed by atoms with Crippen LogP contribution in [0, 0.1) is 12.7 Å². The number of imidazole rings is 1. The van der Waals surface area contributed by atoms with Gasteiger partial charge in [-0.15, -0.1) is 0 Å². The predicted molar refractivity (Wildman–Crippen MR) is 153 cm³/mol. The van der Waals surface area contributed by atoms with Crippen LogP contribution in [0.5, 0.6) is 0 Å². The molecule has 2 aromatic heterocycles. The molecule has 5 aromatic rings. The fraction of sp³-hybridized carbons (Fsp3) is 0.212. The number of hydrogen-bond donors (Lipinski definition) is 0. The summed E-state index contributed by atoms with van der Waals surface area (Å²) in [5.41, 5.74) is 5.37. The number of aromatic nitrogens is 2. The molecule has 42 heavy (non-hydrogen) atoms. The molecule has 6 rings (SSSR count). The van der Waals surface area contributed by atoms with Crippen molar-refractivity contribution < 1.29 is 22.4 Å². The summed E-state index contributed by atoms with van der Waals surface area (Å²) in [6, 6.07) is 22.6. The summed E-state index contributed by atoms with van der Waals surface area (Å²) >= 11 is 0. The average molecular weight is 573 g/mol. The topological polar surface area (TPSA) is 40.9 Å². The van der Waals surface area contributed by atoms with Crippen molar-refractivity contribution in [2.24, 2.45) is 0 Å². The summed E-state index contributed by atoms with van der Waals surface area (Å²) in [4.78, 5) is 21.9. The lowest BCUT2D eigenvalue weighted by Gasteiger charge is -2.34. The number of pyridine rings is 1. The van der Waals surface area contributed by atoms with Gasteiger partial charge in [-0.2, -0.15) is 13.2 Å². The van der Waals surface area contributed by atoms with Crippen LogP contribution in [0.4, 0.5) is 17.6 Å². The Balaban J connectivity index is 1.31. The number of carbonyl (C=O) groups is 1. The fourth-order valence-corrected chi connectivity index (χ4v) is 5.33. The lowest BCUT2D eigenvalue weighted by molar-refractivity contribution is -0.137. The summed E-state index contributed by atoms with van der Waals surface area (Å²) < 4.78 is 55.5. The lowest BCUT2D eigenvalue weighted by atomic mass is 10.0. The Morgan fingerprint density at radius 2 is 1.52 bits per heavy atom. The predicted octanol–water partition coefficient (Wildman–Crippen LogP) is 7.09. The number of rotatable bonds is 5. The van der Waals surface area contributed by atoms with Crippen molar-refractivity contribution in [3.8, 4) is 22.4 Å². The average Bonchev–Trinajstić information content (AvgIpc) is 3.35. The minimum Gasteiger partial charge on any atom is -0.336 e. The zero-order valence-electron chi connectivity index (χ0n) is 22.9. The molecule has 5 nitrogen and oxygen atoms in total. The van der Waals surface area contributed by atoms with Crippen LogP contribution in [0.2, 0.25) is 0 Å². The maximum Gasteiger partial charge on any atom is 0.416 e. The number of amides is 1. The zero-order chi connectivity index (χ0) is 29.4. The number of carbonyl (C=O) groups excluding carboxylic acids is 1. The van der Waals surface area contributed by atoms with Gasteiger partial charge in [0.2, 0.25) is 0 Å². The molecule has 1 aliphatic heterocycles. The second-order valence-corrected chi connectivity index (χ2v) is 10.6. The number of benzene rings is 3. The van der Waals surface area contributed by atoms with Gasteiger partial charge >= 0.3 is 6.18 Å². The Kier molecular flexibility index (Phi) is 7.28. The highest BCUT2D eigenvalue weighted by Crippen LogP contribution is 2.33. The number of alkyl halides is 3. The summed E-state index contributed by atoms with van der Waals surface area (Å²) in [6.45, 7) is 4.84. The molecule has 0 aliphatic carbocycles. The highest BCUT2D eigenvalue weighted by atomic mass is 19.4. The second kappa shape index (κ2) is 11.1. The molecular weight excluding hydrogens is 544 g/mol. The first kappa shape index (κ1) is 27.7. The van der Waals surface area contributed by atoms with Gasteiger partial charge in [0.1, 0.15) is 11.5 Å². The fourth-order valence-electron chi connectivity index (χ4n) is 5.33. The van der Waals surface area contributed by atoms with Crippen molar-refractivity contribution in [2.75, 3.05) is 26.2 Å². The van der Waals surface area contributed by atoms with E-state index in [0.29, 0.717) is 55.1 Å². The molecular formula is C33H28F4N4O. The molecule has 0 atom stereocenters. The molecule has 1 fully saturated rings. The number of aryl methyl sites for hydroxylation is 1. The highest BCUT2D eigenvalue weighted by Gasteiger charge is 2.30. The van der Waals surface area contributed by atoms with Crippen LogP contribution >= 0.6 is 0 Å². The van der Waals surface area contributed by atoms with Gasteiger partial charge in [-0.1, -0.05) is 42.0 Å². The standard InChI is InChI=1S/C33H28F4N4O/c1-22-5-7-23(8-6-22)31-29(21-39-15-17-40(18-16-39)32(42)24-9-12-28(34)13-10-24)41-20-26(11-14-30(41)38-31)25-3-2-4-27(19-25)33(35,36)37/h2-14,19-20H,15-18,21H2,1H3. The van der Waals surface area contributed by atoms with Gasteiger partial charge in [-0.05, 0) is 66.6 Å². The largest absolute Gasteiger partial charge is 0.416 e. The summed E-state index contributed by atoms with van der Waals surface area (Å²) in [5.74, 6) is -0.513. The Labute approximate surface area is 240 Å². The van der Waals surface area contributed by atoms with Crippen LogP contribution in [0.3, 0.4) is 0 Å². The molecule has 0 unspecified atom stereocenters. The molecule has 3 heterocycles. The smallest absolute Gasteiger partial charge is 0.336 e. The minimum absolute atomic E-state index is 0.129. The van der Waals surface area contributed by atoms with Crippen molar-refractivity contribution in [1.82, 2.24) is 19.2 Å². The summed E-state index contributed by atoms with van der Waals surface area (Å²) in [6.07, 6.45) is -2.59. The molecule has 0 radical (unpaired) electrons. The molecule has 214 valence electrons. The van der Waals surface area contributed by atoms with Crippen molar-refractivity contribution in [2.45, 2.75) is 19.6 Å². The van der Waals surface area contributed by atoms with Crippen LogP contribution in [-0.2, 0) is 12.7 Å². The van der Waals surface area contributed by atoms with Crippen LogP contribution < -0.4 is 0 Å². The third-order valence-corrected chi connectivity index (χ3v) is 7.69. The third-order valence-electron chi connectivity index (χ3n) is 7.69. The zero-order valence-corrected chi connectivity index (χ0v) is 22.9. The maximum atomic E-state index is 13.4. The van der Waals surface area contributed by atoms with Gasteiger partial charge < -0.3 is 9.30 Å². The van der Waals surface area contributed by atoms with E-state index in [4.69, 9.17) is 4.98 Å². The Morgan fingerprint density at radius 1 is 0.833 bits per heavy atom. The van der Waals surface area contributed by atoms with Gasteiger partial charge in [0.25, 0.3) is 5.91 Å². The third kappa shape index (κ3) is 5.65. The number of piperazine rings is 1. The van der Waals surface area contributed by atoms with Crippen molar-refractivity contribution in [3.05, 3.63) is 119 Å². The first-order valence-corrected chi connectivity index (χ1v) is 13.7. The summed E-state index contributed by atoms with van der Waals surface area (Å²) in [5, 5.41) is 0. The Hall–Kier alpha value is -4.50. The maximum absolute atomic E-state index is 13.4. The van der Waals surface area contributed by atoms with Gasteiger partial charge in [0.05, 0.1) is 17.0 Å². The van der Waals surface area contributed by atoms with Crippen LogP contribution in [-0.4, -0.2) is 51.3 Å². The molecule has 1 saturated heterocycles. The van der Waals surface area contributed by atoms with Gasteiger partial charge in [0.15, 0.2) is 0 Å². The number of nitrogens with zero attached hydrogens (tertiary/aromatic N) is 4. The van der Waals surface area contributed by atoms with Crippen molar-refractivity contribution in [1.29, 1.82) is 0 Å². The van der Waals surface area contributed by atoms with E-state index >= 15 is 0 Å². The monoisotopic (exact) mass is 572 g/mol. The Morgan fingerprint density at radius 3 is 2.21 bits per heavy atom. The van der Waals surface area contributed by atoms with E-state index in [9.17, 15) is 22.4 Å². The van der Waals surface area contributed by atoms with Crippen LogP contribution in [0.1, 0.15) is 27.2 Å².